The summed E-state index contributed by atoms with van der Waals surface area (Å²) in [7, 11) is 0. The number of carbonyl (C=O) groups is 1. The Bertz CT molecular complexity index is 1130. The van der Waals surface area contributed by atoms with Crippen LogP contribution in [0.3, 0.4) is 0 Å². The molecule has 31 heavy (non-hydrogen) atoms. The van der Waals surface area contributed by atoms with Crippen molar-refractivity contribution in [1.82, 2.24) is 5.16 Å². The first-order chi connectivity index (χ1) is 14.9. The molecule has 2 aromatic carbocycles. The maximum absolute atomic E-state index is 11.9. The highest BCUT2D eigenvalue weighted by Gasteiger charge is 2.11. The summed E-state index contributed by atoms with van der Waals surface area (Å²) < 4.78 is 5.30. The van der Waals surface area contributed by atoms with Crippen LogP contribution in [0.2, 0.25) is 10.0 Å². The highest BCUT2D eigenvalue weighted by molar-refractivity contribution is 6.31. The Morgan fingerprint density at radius 3 is 2.58 bits per heavy atom. The molecule has 0 radical (unpaired) electrons. The highest BCUT2D eigenvalue weighted by Crippen LogP contribution is 2.25. The topological polar surface area (TPSA) is 79.0 Å². The number of hydrogen-bond acceptors (Lipinski definition) is 4. The molecule has 1 heterocycles. The smallest absolute Gasteiger partial charge is 0.224 e. The van der Waals surface area contributed by atoms with Crippen molar-refractivity contribution < 1.29 is 9.32 Å². The van der Waals surface area contributed by atoms with Gasteiger partial charge < -0.3 is 9.84 Å². The lowest BCUT2D eigenvalue weighted by molar-refractivity contribution is -0.116. The number of aromatic nitrogens is 1. The SMILES string of the molecule is Cc1cc(Cl)ccc1-c1cc(C(=N)/C=C\C=C\CCC(=O)Nc2ccc(Cl)cc2)on1. The number of halogens is 2. The number of carbonyl (C=O) groups excluding carboxylic acids is 1. The molecule has 0 bridgehead atoms. The van der Waals surface area contributed by atoms with Gasteiger partial charge in [0.1, 0.15) is 5.69 Å². The summed E-state index contributed by atoms with van der Waals surface area (Å²) in [6.45, 7) is 1.95. The van der Waals surface area contributed by atoms with E-state index in [1.165, 1.54) is 0 Å². The van der Waals surface area contributed by atoms with E-state index < -0.39 is 0 Å². The van der Waals surface area contributed by atoms with E-state index in [0.29, 0.717) is 40.0 Å². The quantitative estimate of drug-likeness (QED) is 0.288. The minimum absolute atomic E-state index is 0.0737. The second-order valence-corrected chi connectivity index (χ2v) is 7.70. The molecule has 0 unspecified atom stereocenters. The summed E-state index contributed by atoms with van der Waals surface area (Å²) in [5.74, 6) is 0.298. The van der Waals surface area contributed by atoms with Crippen LogP contribution in [-0.4, -0.2) is 16.8 Å². The molecule has 0 atom stereocenters. The number of anilines is 1. The fraction of sp³-hybridized carbons (Fsp3) is 0.125. The molecule has 1 amide bonds. The van der Waals surface area contributed by atoms with Gasteiger partial charge in [-0.15, -0.1) is 0 Å². The lowest BCUT2D eigenvalue weighted by Crippen LogP contribution is -2.10. The predicted molar refractivity (Wildman–Crippen MR) is 126 cm³/mol. The minimum atomic E-state index is -0.0737. The molecular weight excluding hydrogens is 433 g/mol. The number of nitrogens with zero attached hydrogens (tertiary/aromatic N) is 1. The Morgan fingerprint density at radius 2 is 1.84 bits per heavy atom. The van der Waals surface area contributed by atoms with Gasteiger partial charge in [-0.3, -0.25) is 10.2 Å². The van der Waals surface area contributed by atoms with E-state index in [1.54, 1.807) is 54.6 Å². The molecule has 5 nitrogen and oxygen atoms in total. The van der Waals surface area contributed by atoms with Crippen LogP contribution in [0.1, 0.15) is 24.2 Å². The number of allylic oxidation sites excluding steroid dienone is 4. The first-order valence-electron chi connectivity index (χ1n) is 9.63. The van der Waals surface area contributed by atoms with Gasteiger partial charge in [0.2, 0.25) is 5.91 Å². The monoisotopic (exact) mass is 453 g/mol. The summed E-state index contributed by atoms with van der Waals surface area (Å²) in [5, 5.41) is 16.3. The highest BCUT2D eigenvalue weighted by atomic mass is 35.5. The lowest BCUT2D eigenvalue weighted by Gasteiger charge is -2.03. The number of amides is 1. The Hall–Kier alpha value is -3.15. The summed E-state index contributed by atoms with van der Waals surface area (Å²) in [4.78, 5) is 11.9. The Labute approximate surface area is 190 Å². The van der Waals surface area contributed by atoms with Gasteiger partial charge in [-0.1, -0.05) is 52.7 Å². The first-order valence-corrected chi connectivity index (χ1v) is 10.4. The molecule has 158 valence electrons. The van der Waals surface area contributed by atoms with E-state index in [1.807, 2.05) is 25.1 Å². The zero-order valence-electron chi connectivity index (χ0n) is 16.9. The second-order valence-electron chi connectivity index (χ2n) is 6.83. The van der Waals surface area contributed by atoms with Gasteiger partial charge >= 0.3 is 0 Å². The van der Waals surface area contributed by atoms with E-state index in [0.717, 1.165) is 11.1 Å². The Kier molecular flexibility index (Phi) is 7.82. The van der Waals surface area contributed by atoms with Crippen LogP contribution in [0.15, 0.2) is 77.4 Å². The third kappa shape index (κ3) is 6.67. The second kappa shape index (κ2) is 10.8. The predicted octanol–water partition coefficient (Wildman–Crippen LogP) is 6.86. The van der Waals surface area contributed by atoms with Crippen molar-refractivity contribution in [2.45, 2.75) is 19.8 Å². The average molecular weight is 454 g/mol. The van der Waals surface area contributed by atoms with Crippen molar-refractivity contribution in [3.63, 3.8) is 0 Å². The molecule has 0 aliphatic carbocycles. The summed E-state index contributed by atoms with van der Waals surface area (Å²) in [5.41, 5.74) is 3.47. The van der Waals surface area contributed by atoms with Crippen molar-refractivity contribution in [1.29, 1.82) is 5.41 Å². The fourth-order valence-corrected chi connectivity index (χ4v) is 3.18. The number of rotatable bonds is 8. The van der Waals surface area contributed by atoms with Crippen LogP contribution in [0.4, 0.5) is 5.69 Å². The van der Waals surface area contributed by atoms with Crippen molar-refractivity contribution in [2.75, 3.05) is 5.32 Å². The molecular formula is C24H21Cl2N3O2. The zero-order valence-corrected chi connectivity index (χ0v) is 18.4. The van der Waals surface area contributed by atoms with Gasteiger partial charge in [0, 0.05) is 33.8 Å². The van der Waals surface area contributed by atoms with Gasteiger partial charge in [0.05, 0.1) is 5.71 Å². The standard InChI is InChI=1S/C24H21Cl2N3O2/c1-16-14-18(26)10-13-20(16)22-15-23(31-29-22)21(27)6-4-2-3-5-7-24(30)28-19-11-8-17(25)9-12-19/h2-4,6,8-15,27H,5,7H2,1H3,(H,28,30)/b3-2+,6-4-,27-21?. The third-order valence-corrected chi connectivity index (χ3v) is 4.90. The molecule has 3 rings (SSSR count). The molecule has 0 aliphatic rings. The van der Waals surface area contributed by atoms with Gasteiger partial charge in [0.15, 0.2) is 5.76 Å². The van der Waals surface area contributed by atoms with E-state index in [4.69, 9.17) is 33.1 Å². The van der Waals surface area contributed by atoms with E-state index in [9.17, 15) is 4.79 Å². The first kappa shape index (κ1) is 22.5. The Morgan fingerprint density at radius 1 is 1.10 bits per heavy atom. The summed E-state index contributed by atoms with van der Waals surface area (Å²) >= 11 is 11.8. The number of aryl methyl sites for hydroxylation is 1. The molecule has 2 N–H and O–H groups in total. The molecule has 0 fully saturated rings. The lowest BCUT2D eigenvalue weighted by atomic mass is 10.1. The van der Waals surface area contributed by atoms with E-state index in [2.05, 4.69) is 10.5 Å². The number of benzene rings is 2. The van der Waals surface area contributed by atoms with Gasteiger partial charge in [0.25, 0.3) is 0 Å². The summed E-state index contributed by atoms with van der Waals surface area (Å²) in [6, 6.07) is 14.2. The van der Waals surface area contributed by atoms with Crippen LogP contribution in [0.5, 0.6) is 0 Å². The molecule has 0 saturated heterocycles. The number of hydrogen-bond donors (Lipinski definition) is 2. The molecule has 0 aliphatic heterocycles. The van der Waals surface area contributed by atoms with Crippen LogP contribution < -0.4 is 5.32 Å². The minimum Gasteiger partial charge on any atom is -0.354 e. The molecule has 3 aromatic rings. The van der Waals surface area contributed by atoms with Crippen molar-refractivity contribution in [3.05, 3.63) is 94.2 Å². The van der Waals surface area contributed by atoms with Gasteiger partial charge in [-0.05, 0) is 61.4 Å². The van der Waals surface area contributed by atoms with E-state index in [-0.39, 0.29) is 11.6 Å². The average Bonchev–Trinajstić information content (AvgIpc) is 3.22. The molecule has 0 saturated carbocycles. The van der Waals surface area contributed by atoms with Crippen LogP contribution in [0, 0.1) is 12.3 Å². The van der Waals surface area contributed by atoms with Crippen molar-refractivity contribution in [3.8, 4) is 11.3 Å². The van der Waals surface area contributed by atoms with Crippen LogP contribution >= 0.6 is 23.2 Å². The number of nitrogens with one attached hydrogen (secondary N) is 2. The maximum atomic E-state index is 11.9. The largest absolute Gasteiger partial charge is 0.354 e. The molecule has 7 heteroatoms. The third-order valence-electron chi connectivity index (χ3n) is 4.42. The normalized spacial score (nSPS) is 11.3. The Balaban J connectivity index is 1.47. The zero-order chi connectivity index (χ0) is 22.2. The molecule has 0 spiro atoms. The van der Waals surface area contributed by atoms with E-state index >= 15 is 0 Å². The van der Waals surface area contributed by atoms with Crippen molar-refractivity contribution >= 4 is 40.5 Å². The van der Waals surface area contributed by atoms with Crippen LogP contribution in [-0.2, 0) is 4.79 Å². The fourth-order valence-electron chi connectivity index (χ4n) is 2.82. The van der Waals surface area contributed by atoms with Gasteiger partial charge in [-0.2, -0.15) is 0 Å². The summed E-state index contributed by atoms with van der Waals surface area (Å²) in [6.07, 6.45) is 7.95. The van der Waals surface area contributed by atoms with Crippen LogP contribution in [0.25, 0.3) is 11.3 Å². The molecule has 1 aromatic heterocycles. The van der Waals surface area contributed by atoms with Gasteiger partial charge in [-0.25, -0.2) is 0 Å². The van der Waals surface area contributed by atoms with Crippen molar-refractivity contribution in [2.24, 2.45) is 0 Å². The maximum Gasteiger partial charge on any atom is 0.224 e.